The highest BCUT2D eigenvalue weighted by molar-refractivity contribution is 9.10. The van der Waals surface area contributed by atoms with Gasteiger partial charge in [0.05, 0.1) is 4.47 Å². The molecule has 0 amide bonds. The first-order valence-electron chi connectivity index (χ1n) is 5.65. The number of hydrogen-bond acceptors (Lipinski definition) is 2. The summed E-state index contributed by atoms with van der Waals surface area (Å²) >= 11 is 3.03. The molecule has 0 atom stereocenters. The van der Waals surface area contributed by atoms with Crippen molar-refractivity contribution >= 4 is 15.9 Å². The Morgan fingerprint density at radius 1 is 1.35 bits per heavy atom. The van der Waals surface area contributed by atoms with Gasteiger partial charge in [-0.15, -0.1) is 0 Å². The summed E-state index contributed by atoms with van der Waals surface area (Å²) in [6, 6.07) is 0.955. The topological polar surface area (TPSA) is 32.3 Å². The molecule has 94 valence electrons. The highest BCUT2D eigenvalue weighted by Crippen LogP contribution is 2.34. The summed E-state index contributed by atoms with van der Waals surface area (Å²) in [5.41, 5.74) is 0.0868. The van der Waals surface area contributed by atoms with Gasteiger partial charge in [0.25, 0.3) is 0 Å². The molecule has 1 aliphatic heterocycles. The molecule has 0 radical (unpaired) electrons. The monoisotopic (exact) mass is 305 g/mol. The molecule has 1 fully saturated rings. The molecule has 0 aliphatic carbocycles. The van der Waals surface area contributed by atoms with Gasteiger partial charge in [-0.25, -0.2) is 8.78 Å². The molecule has 0 bridgehead atoms. The first-order chi connectivity index (χ1) is 8.09. The minimum atomic E-state index is -0.927. The molecule has 1 heterocycles. The van der Waals surface area contributed by atoms with Gasteiger partial charge in [0.1, 0.15) is 5.75 Å². The lowest BCUT2D eigenvalue weighted by molar-refractivity contribution is 0.356. The highest BCUT2D eigenvalue weighted by atomic mass is 79.9. The quantitative estimate of drug-likeness (QED) is 0.823. The third-order valence-electron chi connectivity index (χ3n) is 3.19. The normalized spacial score (nSPS) is 17.4. The lowest BCUT2D eigenvalue weighted by Gasteiger charge is -2.23. The lowest BCUT2D eigenvalue weighted by atomic mass is 9.90. The van der Waals surface area contributed by atoms with E-state index in [0.29, 0.717) is 12.3 Å². The highest BCUT2D eigenvalue weighted by Gasteiger charge is 2.21. The second kappa shape index (κ2) is 5.31. The third kappa shape index (κ3) is 2.77. The first-order valence-corrected chi connectivity index (χ1v) is 6.45. The smallest absolute Gasteiger partial charge is 0.165 e. The van der Waals surface area contributed by atoms with Crippen LogP contribution in [-0.4, -0.2) is 18.2 Å². The van der Waals surface area contributed by atoms with Crippen molar-refractivity contribution in [2.24, 2.45) is 5.92 Å². The maximum Gasteiger partial charge on any atom is 0.165 e. The van der Waals surface area contributed by atoms with Gasteiger partial charge in [-0.05, 0) is 60.3 Å². The Kier molecular flexibility index (Phi) is 3.99. The molecule has 5 heteroatoms. The Morgan fingerprint density at radius 2 is 2.00 bits per heavy atom. The van der Waals surface area contributed by atoms with Crippen LogP contribution >= 0.6 is 15.9 Å². The molecule has 0 unspecified atom stereocenters. The standard InChI is InChI=1S/C12H14BrF2NO/c13-9-6-10(14)11(15)8(12(9)17)5-7-1-3-16-4-2-7/h6-7,16-17H,1-5H2. The molecular weight excluding hydrogens is 292 g/mol. The number of phenols is 1. The number of rotatable bonds is 2. The van der Waals surface area contributed by atoms with Crippen molar-refractivity contribution in [3.63, 3.8) is 0 Å². The van der Waals surface area contributed by atoms with Gasteiger partial charge >= 0.3 is 0 Å². The van der Waals surface area contributed by atoms with Crippen molar-refractivity contribution in [2.45, 2.75) is 19.3 Å². The minimum Gasteiger partial charge on any atom is -0.506 e. The zero-order chi connectivity index (χ0) is 12.4. The number of piperidine rings is 1. The van der Waals surface area contributed by atoms with E-state index < -0.39 is 11.6 Å². The molecule has 1 saturated heterocycles. The largest absolute Gasteiger partial charge is 0.506 e. The van der Waals surface area contributed by atoms with Crippen molar-refractivity contribution in [1.29, 1.82) is 0 Å². The van der Waals surface area contributed by atoms with Crippen LogP contribution in [0.1, 0.15) is 18.4 Å². The Morgan fingerprint density at radius 3 is 2.65 bits per heavy atom. The second-order valence-corrected chi connectivity index (χ2v) is 5.23. The average molecular weight is 306 g/mol. The summed E-state index contributed by atoms with van der Waals surface area (Å²) in [6.45, 7) is 1.78. The molecule has 2 nitrogen and oxygen atoms in total. The second-order valence-electron chi connectivity index (χ2n) is 4.38. The Bertz CT molecular complexity index is 393. The van der Waals surface area contributed by atoms with Crippen LogP contribution in [0.15, 0.2) is 10.5 Å². The summed E-state index contributed by atoms with van der Waals surface area (Å²) in [6.07, 6.45) is 2.23. The zero-order valence-corrected chi connectivity index (χ0v) is 10.9. The number of aromatic hydroxyl groups is 1. The zero-order valence-electron chi connectivity index (χ0n) is 9.27. The van der Waals surface area contributed by atoms with Gasteiger partial charge < -0.3 is 10.4 Å². The van der Waals surface area contributed by atoms with E-state index in [1.54, 1.807) is 0 Å². The van der Waals surface area contributed by atoms with E-state index in [-0.39, 0.29) is 15.8 Å². The number of phenolic OH excluding ortho intramolecular Hbond substituents is 1. The number of halogens is 3. The molecule has 0 aromatic heterocycles. The lowest BCUT2D eigenvalue weighted by Crippen LogP contribution is -2.28. The fourth-order valence-corrected chi connectivity index (χ4v) is 2.64. The van der Waals surface area contributed by atoms with E-state index >= 15 is 0 Å². The minimum absolute atomic E-state index is 0.0868. The van der Waals surface area contributed by atoms with Gasteiger partial charge in [-0.1, -0.05) is 0 Å². The summed E-state index contributed by atoms with van der Waals surface area (Å²) in [7, 11) is 0. The summed E-state index contributed by atoms with van der Waals surface area (Å²) in [5.74, 6) is -1.73. The Balaban J connectivity index is 2.24. The molecular formula is C12H14BrF2NO. The fraction of sp³-hybridized carbons (Fsp3) is 0.500. The number of hydrogen-bond donors (Lipinski definition) is 2. The van der Waals surface area contributed by atoms with Gasteiger partial charge in [-0.2, -0.15) is 0 Å². The molecule has 0 saturated carbocycles. The van der Waals surface area contributed by atoms with E-state index in [1.807, 2.05) is 0 Å². The fourth-order valence-electron chi connectivity index (χ4n) is 2.20. The SMILES string of the molecule is Oc1c(Br)cc(F)c(F)c1CC1CCNCC1. The molecule has 1 aromatic carbocycles. The Hall–Kier alpha value is -0.680. The van der Waals surface area contributed by atoms with Crippen LogP contribution in [0.25, 0.3) is 0 Å². The maximum absolute atomic E-state index is 13.6. The maximum atomic E-state index is 13.6. The first kappa shape index (κ1) is 12.8. The third-order valence-corrected chi connectivity index (χ3v) is 3.80. The van der Waals surface area contributed by atoms with Gasteiger partial charge in [0.2, 0.25) is 0 Å². The average Bonchev–Trinajstić information content (AvgIpc) is 2.33. The van der Waals surface area contributed by atoms with E-state index in [2.05, 4.69) is 21.2 Å². The predicted molar refractivity (Wildman–Crippen MR) is 65.0 cm³/mol. The molecule has 1 aromatic rings. The van der Waals surface area contributed by atoms with Gasteiger partial charge in [0.15, 0.2) is 11.6 Å². The van der Waals surface area contributed by atoms with Crippen molar-refractivity contribution in [1.82, 2.24) is 5.32 Å². The summed E-state index contributed by atoms with van der Waals surface area (Å²) in [5, 5.41) is 13.0. The van der Waals surface area contributed by atoms with Crippen LogP contribution in [0.4, 0.5) is 8.78 Å². The van der Waals surface area contributed by atoms with Crippen LogP contribution in [0.5, 0.6) is 5.75 Å². The van der Waals surface area contributed by atoms with Crippen LogP contribution in [-0.2, 0) is 6.42 Å². The summed E-state index contributed by atoms with van der Waals surface area (Å²) in [4.78, 5) is 0. The molecule has 2 N–H and O–H groups in total. The van der Waals surface area contributed by atoms with Crippen LogP contribution in [0.2, 0.25) is 0 Å². The molecule has 17 heavy (non-hydrogen) atoms. The van der Waals surface area contributed by atoms with E-state index in [0.717, 1.165) is 32.0 Å². The van der Waals surface area contributed by atoms with E-state index in [4.69, 9.17) is 0 Å². The Labute approximate surface area is 107 Å². The van der Waals surface area contributed by atoms with Crippen molar-refractivity contribution in [3.05, 3.63) is 27.7 Å². The van der Waals surface area contributed by atoms with Gasteiger partial charge in [-0.3, -0.25) is 0 Å². The van der Waals surface area contributed by atoms with Gasteiger partial charge in [0, 0.05) is 5.56 Å². The molecule has 2 rings (SSSR count). The van der Waals surface area contributed by atoms with Crippen molar-refractivity contribution in [2.75, 3.05) is 13.1 Å². The van der Waals surface area contributed by atoms with Crippen LogP contribution in [0.3, 0.4) is 0 Å². The molecule has 1 aliphatic rings. The predicted octanol–water partition coefficient (Wildman–Crippen LogP) is 2.98. The van der Waals surface area contributed by atoms with E-state index in [9.17, 15) is 13.9 Å². The number of benzene rings is 1. The molecule has 0 spiro atoms. The van der Waals surface area contributed by atoms with E-state index in [1.165, 1.54) is 0 Å². The van der Waals surface area contributed by atoms with Crippen molar-refractivity contribution in [3.8, 4) is 5.75 Å². The van der Waals surface area contributed by atoms with Crippen LogP contribution < -0.4 is 5.32 Å². The number of nitrogens with one attached hydrogen (secondary N) is 1. The summed E-state index contributed by atoms with van der Waals surface area (Å²) < 4.78 is 27.1. The van der Waals surface area contributed by atoms with Crippen molar-refractivity contribution < 1.29 is 13.9 Å². The van der Waals surface area contributed by atoms with Crippen LogP contribution in [0, 0.1) is 17.6 Å².